The van der Waals surface area contributed by atoms with Gasteiger partial charge in [0, 0.05) is 0 Å². The van der Waals surface area contributed by atoms with Crippen LogP contribution in [0.3, 0.4) is 0 Å². The molecule has 0 saturated carbocycles. The molecule has 0 bridgehead atoms. The first kappa shape index (κ1) is 14.5. The number of carbonyl (C=O) groups is 1. The first-order chi connectivity index (χ1) is 9.52. The molecule has 106 valence electrons. The van der Waals surface area contributed by atoms with Crippen molar-refractivity contribution in [2.24, 2.45) is 0 Å². The number of aliphatic hydroxyl groups is 1. The Morgan fingerprint density at radius 1 is 1.30 bits per heavy atom. The molecule has 0 fully saturated rings. The summed E-state index contributed by atoms with van der Waals surface area (Å²) < 4.78 is 39.1. The van der Waals surface area contributed by atoms with Gasteiger partial charge >= 0.3 is 0 Å². The molecule has 0 radical (unpaired) electrons. The molecule has 2 N–H and O–H groups in total. The lowest BCUT2D eigenvalue weighted by Crippen LogP contribution is -2.30. The normalized spacial score (nSPS) is 12.2. The van der Waals surface area contributed by atoms with Gasteiger partial charge in [-0.25, -0.2) is 13.2 Å². The van der Waals surface area contributed by atoms with Gasteiger partial charge in [-0.15, -0.1) is 11.3 Å². The van der Waals surface area contributed by atoms with Gasteiger partial charge < -0.3 is 10.4 Å². The van der Waals surface area contributed by atoms with Gasteiger partial charge in [0.05, 0.1) is 17.5 Å². The smallest absolute Gasteiger partial charge is 0.261 e. The highest BCUT2D eigenvalue weighted by molar-refractivity contribution is 7.12. The van der Waals surface area contributed by atoms with Crippen molar-refractivity contribution in [3.05, 3.63) is 57.5 Å². The van der Waals surface area contributed by atoms with Crippen LogP contribution in [-0.4, -0.2) is 17.6 Å². The lowest BCUT2D eigenvalue weighted by atomic mass is 10.1. The molecule has 0 aliphatic carbocycles. The highest BCUT2D eigenvalue weighted by Crippen LogP contribution is 2.20. The summed E-state index contributed by atoms with van der Waals surface area (Å²) in [4.78, 5) is 12.2. The van der Waals surface area contributed by atoms with E-state index in [0.717, 1.165) is 12.1 Å². The second kappa shape index (κ2) is 6.06. The molecule has 1 atom stereocenters. The summed E-state index contributed by atoms with van der Waals surface area (Å²) in [7, 11) is 0. The molecule has 1 aromatic heterocycles. The van der Waals surface area contributed by atoms with E-state index in [2.05, 4.69) is 5.32 Å². The maximum atomic E-state index is 13.1. The fourth-order valence-electron chi connectivity index (χ4n) is 1.65. The molecule has 1 aromatic carbocycles. The van der Waals surface area contributed by atoms with Gasteiger partial charge in [0.15, 0.2) is 17.5 Å². The third-order valence-electron chi connectivity index (χ3n) is 2.64. The average molecular weight is 301 g/mol. The highest BCUT2D eigenvalue weighted by Gasteiger charge is 2.19. The largest absolute Gasteiger partial charge is 0.394 e. The predicted octanol–water partition coefficient (Wildman–Crippen LogP) is 2.63. The molecule has 0 saturated heterocycles. The molecule has 3 nitrogen and oxygen atoms in total. The number of hydrogen-bond donors (Lipinski definition) is 2. The van der Waals surface area contributed by atoms with E-state index in [-0.39, 0.29) is 5.56 Å². The molecule has 7 heteroatoms. The SMILES string of the molecule is O=C(NC(CO)c1cc(F)c(F)c(F)c1)c1cccs1. The number of rotatable bonds is 4. The minimum Gasteiger partial charge on any atom is -0.394 e. The van der Waals surface area contributed by atoms with Crippen molar-refractivity contribution in [1.29, 1.82) is 0 Å². The number of hydrogen-bond acceptors (Lipinski definition) is 3. The fraction of sp³-hybridized carbons (Fsp3) is 0.154. The second-order valence-corrected chi connectivity index (χ2v) is 4.93. The predicted molar refractivity (Wildman–Crippen MR) is 67.9 cm³/mol. The Morgan fingerprint density at radius 2 is 1.95 bits per heavy atom. The summed E-state index contributed by atoms with van der Waals surface area (Å²) in [5.74, 6) is -4.81. The van der Waals surface area contributed by atoms with Crippen LogP contribution in [0, 0.1) is 17.5 Å². The Bertz CT molecular complexity index is 593. The Morgan fingerprint density at radius 3 is 2.45 bits per heavy atom. The lowest BCUT2D eigenvalue weighted by molar-refractivity contribution is 0.0920. The topological polar surface area (TPSA) is 49.3 Å². The van der Waals surface area contributed by atoms with E-state index in [0.29, 0.717) is 4.88 Å². The summed E-state index contributed by atoms with van der Waals surface area (Å²) in [6, 6.07) is 3.71. The number of halogens is 3. The zero-order valence-corrected chi connectivity index (χ0v) is 10.9. The van der Waals surface area contributed by atoms with Crippen LogP contribution < -0.4 is 5.32 Å². The third kappa shape index (κ3) is 3.00. The molecule has 20 heavy (non-hydrogen) atoms. The molecule has 2 rings (SSSR count). The Hall–Kier alpha value is -1.86. The molecule has 0 spiro atoms. The van der Waals surface area contributed by atoms with Crippen molar-refractivity contribution in [1.82, 2.24) is 5.32 Å². The number of aliphatic hydroxyl groups excluding tert-OH is 1. The van der Waals surface area contributed by atoms with Crippen LogP contribution >= 0.6 is 11.3 Å². The molecule has 1 heterocycles. The minimum atomic E-state index is -1.59. The van der Waals surface area contributed by atoms with Crippen LogP contribution in [0.5, 0.6) is 0 Å². The number of amides is 1. The Labute approximate surface area is 116 Å². The van der Waals surface area contributed by atoms with Crippen molar-refractivity contribution in [2.45, 2.75) is 6.04 Å². The molecule has 2 aromatic rings. The maximum absolute atomic E-state index is 13.1. The van der Waals surface area contributed by atoms with E-state index in [1.807, 2.05) is 0 Å². The summed E-state index contributed by atoms with van der Waals surface area (Å²) in [5, 5.41) is 13.3. The number of thiophene rings is 1. The zero-order chi connectivity index (χ0) is 14.7. The standard InChI is InChI=1S/C13H10F3NO2S/c14-8-4-7(5-9(15)12(8)16)10(6-18)17-13(19)11-2-1-3-20-11/h1-5,10,18H,6H2,(H,17,19). The van der Waals surface area contributed by atoms with Gasteiger partial charge in [-0.05, 0) is 29.1 Å². The monoisotopic (exact) mass is 301 g/mol. The quantitative estimate of drug-likeness (QED) is 0.853. The van der Waals surface area contributed by atoms with Crippen LogP contribution in [0.15, 0.2) is 29.6 Å². The van der Waals surface area contributed by atoms with E-state index in [9.17, 15) is 23.1 Å². The van der Waals surface area contributed by atoms with Crippen molar-refractivity contribution in [2.75, 3.05) is 6.61 Å². The zero-order valence-electron chi connectivity index (χ0n) is 10.1. The minimum absolute atomic E-state index is 0.0474. The summed E-state index contributed by atoms with van der Waals surface area (Å²) in [5.41, 5.74) is -0.0474. The van der Waals surface area contributed by atoms with Gasteiger partial charge in [0.1, 0.15) is 0 Å². The number of carbonyl (C=O) groups excluding carboxylic acids is 1. The maximum Gasteiger partial charge on any atom is 0.261 e. The van der Waals surface area contributed by atoms with Gasteiger partial charge in [0.2, 0.25) is 0 Å². The number of benzene rings is 1. The van der Waals surface area contributed by atoms with Crippen LogP contribution in [0.2, 0.25) is 0 Å². The van der Waals surface area contributed by atoms with Crippen LogP contribution in [0.4, 0.5) is 13.2 Å². The average Bonchev–Trinajstić information content (AvgIpc) is 2.95. The van der Waals surface area contributed by atoms with Crippen molar-refractivity contribution >= 4 is 17.2 Å². The van der Waals surface area contributed by atoms with E-state index in [1.165, 1.54) is 11.3 Å². The Kier molecular flexibility index (Phi) is 4.41. The summed E-state index contributed by atoms with van der Waals surface area (Å²) in [6.07, 6.45) is 0. The highest BCUT2D eigenvalue weighted by atomic mass is 32.1. The van der Waals surface area contributed by atoms with Gasteiger partial charge in [-0.3, -0.25) is 4.79 Å². The van der Waals surface area contributed by atoms with E-state index in [1.54, 1.807) is 17.5 Å². The van der Waals surface area contributed by atoms with Crippen LogP contribution in [0.1, 0.15) is 21.3 Å². The van der Waals surface area contributed by atoms with Gasteiger partial charge in [0.25, 0.3) is 5.91 Å². The van der Waals surface area contributed by atoms with Crippen LogP contribution in [-0.2, 0) is 0 Å². The Balaban J connectivity index is 2.22. The van der Waals surface area contributed by atoms with Gasteiger partial charge in [-0.2, -0.15) is 0 Å². The fourth-order valence-corrected chi connectivity index (χ4v) is 2.27. The second-order valence-electron chi connectivity index (χ2n) is 3.98. The molecular formula is C13H10F3NO2S. The first-order valence-corrected chi connectivity index (χ1v) is 6.50. The molecule has 1 amide bonds. The summed E-state index contributed by atoms with van der Waals surface area (Å²) in [6.45, 7) is -0.568. The van der Waals surface area contributed by atoms with Crippen molar-refractivity contribution in [3.8, 4) is 0 Å². The molecular weight excluding hydrogens is 291 g/mol. The molecule has 1 unspecified atom stereocenters. The summed E-state index contributed by atoms with van der Waals surface area (Å²) >= 11 is 1.19. The van der Waals surface area contributed by atoms with Crippen LogP contribution in [0.25, 0.3) is 0 Å². The van der Waals surface area contributed by atoms with Crippen molar-refractivity contribution < 1.29 is 23.1 Å². The van der Waals surface area contributed by atoms with E-state index >= 15 is 0 Å². The lowest BCUT2D eigenvalue weighted by Gasteiger charge is -2.16. The number of nitrogens with one attached hydrogen (secondary N) is 1. The van der Waals surface area contributed by atoms with Crippen molar-refractivity contribution in [3.63, 3.8) is 0 Å². The first-order valence-electron chi connectivity index (χ1n) is 5.62. The third-order valence-corrected chi connectivity index (χ3v) is 3.51. The van der Waals surface area contributed by atoms with E-state index in [4.69, 9.17) is 0 Å². The van der Waals surface area contributed by atoms with E-state index < -0.39 is 36.0 Å². The molecule has 0 aliphatic heterocycles. The van der Waals surface area contributed by atoms with Gasteiger partial charge in [-0.1, -0.05) is 6.07 Å². The molecule has 0 aliphatic rings.